The molecule has 0 aliphatic carbocycles. The fourth-order valence-corrected chi connectivity index (χ4v) is 5.30. The van der Waals surface area contributed by atoms with Crippen LogP contribution in [0.25, 0.3) is 0 Å². The summed E-state index contributed by atoms with van der Waals surface area (Å²) in [6.07, 6.45) is 40.4. The van der Waals surface area contributed by atoms with Gasteiger partial charge in [0.05, 0.1) is 0 Å². The number of carbonyl (C=O) groups is 2. The van der Waals surface area contributed by atoms with Gasteiger partial charge in [-0.15, -0.1) is 0 Å². The molecule has 0 aromatic heterocycles. The molecule has 262 valence electrons. The van der Waals surface area contributed by atoms with Crippen LogP contribution in [0.15, 0.2) is 0 Å². The Kier molecular flexibility index (Phi) is 53.8. The minimum Gasteiger partial charge on any atom is -0.481 e. The first-order chi connectivity index (χ1) is 19.5. The van der Waals surface area contributed by atoms with Gasteiger partial charge in [-0.05, 0) is 12.8 Å². The molecule has 0 saturated carbocycles. The zero-order valence-electron chi connectivity index (χ0n) is 27.9. The smallest absolute Gasteiger partial charge is 0.303 e. The fourth-order valence-electron chi connectivity index (χ4n) is 5.30. The van der Waals surface area contributed by atoms with Gasteiger partial charge in [-0.1, -0.05) is 194 Å². The molecule has 0 unspecified atom stereocenters. The number of hydrogen-bond donors (Lipinski definition) is 2. The molecular weight excluding hydrogens is 712 g/mol. The monoisotopic (exact) mass is 782 g/mol. The maximum absolute atomic E-state index is 10.3. The van der Waals surface area contributed by atoms with Crippen LogP contribution in [0, 0.1) is 0 Å². The Bertz CT molecular complexity index is 459. The molecule has 42 heavy (non-hydrogen) atoms. The standard InChI is InChI=1S/2C18H36O2.2Ag/c2*1-2-3-4-5-6-7-8-9-10-11-12-13-14-15-16-17-18(19)20;;/h2*2-17H2,1H3,(H,19,20);;. The molecule has 0 amide bonds. The zero-order valence-corrected chi connectivity index (χ0v) is 30.9. The van der Waals surface area contributed by atoms with E-state index in [9.17, 15) is 9.59 Å². The number of carboxylic acids is 2. The topological polar surface area (TPSA) is 74.6 Å². The van der Waals surface area contributed by atoms with Crippen molar-refractivity contribution in [1.82, 2.24) is 0 Å². The van der Waals surface area contributed by atoms with Crippen molar-refractivity contribution < 1.29 is 64.6 Å². The Morgan fingerprint density at radius 1 is 0.310 bits per heavy atom. The molecule has 6 heteroatoms. The van der Waals surface area contributed by atoms with Crippen molar-refractivity contribution in [2.45, 2.75) is 219 Å². The third kappa shape index (κ3) is 53.0. The molecule has 0 spiro atoms. The van der Waals surface area contributed by atoms with Gasteiger partial charge >= 0.3 is 11.9 Å². The molecule has 0 heterocycles. The predicted octanol–water partition coefficient (Wildman–Crippen LogP) is 12.7. The maximum atomic E-state index is 10.3. The van der Waals surface area contributed by atoms with Crippen molar-refractivity contribution in [3.63, 3.8) is 0 Å². The molecule has 4 nitrogen and oxygen atoms in total. The van der Waals surface area contributed by atoms with E-state index in [-0.39, 0.29) is 44.8 Å². The van der Waals surface area contributed by atoms with Crippen LogP contribution in [0.3, 0.4) is 0 Å². The van der Waals surface area contributed by atoms with Gasteiger partial charge in [-0.25, -0.2) is 0 Å². The molecule has 0 bridgehead atoms. The quantitative estimate of drug-likeness (QED) is 0.0526. The normalized spacial score (nSPS) is 10.3. The summed E-state index contributed by atoms with van der Waals surface area (Å²) in [5, 5.41) is 17.0. The van der Waals surface area contributed by atoms with Crippen molar-refractivity contribution in [3.8, 4) is 0 Å². The van der Waals surface area contributed by atoms with Gasteiger partial charge in [-0.2, -0.15) is 0 Å². The fraction of sp³-hybridized carbons (Fsp3) is 0.944. The zero-order chi connectivity index (χ0) is 29.8. The minimum atomic E-state index is -0.653. The van der Waals surface area contributed by atoms with Crippen LogP contribution in [-0.4, -0.2) is 22.2 Å². The number of hydrogen-bond acceptors (Lipinski definition) is 2. The van der Waals surface area contributed by atoms with Crippen LogP contribution in [-0.2, 0) is 54.3 Å². The van der Waals surface area contributed by atoms with Gasteiger partial charge in [0.25, 0.3) is 0 Å². The molecule has 0 atom stereocenters. The van der Waals surface area contributed by atoms with E-state index >= 15 is 0 Å². The first-order valence-corrected chi connectivity index (χ1v) is 18.0. The molecule has 0 aliphatic heterocycles. The summed E-state index contributed by atoms with van der Waals surface area (Å²) in [5.74, 6) is -1.31. The van der Waals surface area contributed by atoms with Crippen LogP contribution < -0.4 is 0 Å². The van der Waals surface area contributed by atoms with Crippen LogP contribution in [0.1, 0.15) is 219 Å². The summed E-state index contributed by atoms with van der Waals surface area (Å²) >= 11 is 0. The Labute approximate surface area is 294 Å². The van der Waals surface area contributed by atoms with E-state index in [2.05, 4.69) is 13.8 Å². The molecule has 0 aliphatic rings. The van der Waals surface area contributed by atoms with E-state index < -0.39 is 11.9 Å². The molecule has 0 fully saturated rings. The van der Waals surface area contributed by atoms with Gasteiger partial charge in [0.2, 0.25) is 0 Å². The summed E-state index contributed by atoms with van der Waals surface area (Å²) in [5.41, 5.74) is 0. The predicted molar refractivity (Wildman–Crippen MR) is 174 cm³/mol. The van der Waals surface area contributed by atoms with Crippen LogP contribution in [0.5, 0.6) is 0 Å². The second-order valence-corrected chi connectivity index (χ2v) is 12.2. The van der Waals surface area contributed by atoms with E-state index in [0.29, 0.717) is 12.8 Å². The molecule has 0 aromatic rings. The molecule has 0 saturated heterocycles. The van der Waals surface area contributed by atoms with E-state index in [1.165, 1.54) is 167 Å². The van der Waals surface area contributed by atoms with Crippen LogP contribution >= 0.6 is 0 Å². The van der Waals surface area contributed by atoms with Gasteiger partial charge in [0, 0.05) is 57.6 Å². The first kappa shape index (κ1) is 49.3. The van der Waals surface area contributed by atoms with Crippen molar-refractivity contribution in [1.29, 1.82) is 0 Å². The van der Waals surface area contributed by atoms with Crippen LogP contribution in [0.4, 0.5) is 0 Å². The molecule has 2 N–H and O–H groups in total. The maximum Gasteiger partial charge on any atom is 0.303 e. The van der Waals surface area contributed by atoms with Gasteiger partial charge in [0.15, 0.2) is 0 Å². The third-order valence-corrected chi connectivity index (χ3v) is 7.99. The molecule has 2 radical (unpaired) electrons. The van der Waals surface area contributed by atoms with E-state index in [1.54, 1.807) is 0 Å². The van der Waals surface area contributed by atoms with Crippen molar-refractivity contribution in [2.75, 3.05) is 0 Å². The Morgan fingerprint density at radius 3 is 0.595 bits per heavy atom. The molecular formula is C36H72Ag2O4. The second-order valence-electron chi connectivity index (χ2n) is 12.2. The average molecular weight is 785 g/mol. The number of aliphatic carboxylic acids is 2. The van der Waals surface area contributed by atoms with E-state index in [4.69, 9.17) is 10.2 Å². The summed E-state index contributed by atoms with van der Waals surface area (Å²) in [6.45, 7) is 4.54. The van der Waals surface area contributed by atoms with Crippen LogP contribution in [0.2, 0.25) is 0 Å². The summed E-state index contributed by atoms with van der Waals surface area (Å²) in [6, 6.07) is 0. The van der Waals surface area contributed by atoms with E-state index in [1.807, 2.05) is 0 Å². The number of rotatable bonds is 32. The second kappa shape index (κ2) is 45.8. The average Bonchev–Trinajstić information content (AvgIpc) is 2.93. The SMILES string of the molecule is CCCCCCCCCCCCCCCCCC(=O)O.CCCCCCCCCCCCCCCCCC(=O)O.[Ag].[Ag]. The molecule has 0 aromatic carbocycles. The van der Waals surface area contributed by atoms with Crippen molar-refractivity contribution in [2.24, 2.45) is 0 Å². The summed E-state index contributed by atoms with van der Waals surface area (Å²) in [7, 11) is 0. The Balaban J connectivity index is -0.000000328. The largest absolute Gasteiger partial charge is 0.481 e. The van der Waals surface area contributed by atoms with Crippen molar-refractivity contribution in [3.05, 3.63) is 0 Å². The number of carboxylic acid groups (broad SMARTS) is 2. The third-order valence-electron chi connectivity index (χ3n) is 7.99. The Morgan fingerprint density at radius 2 is 0.452 bits per heavy atom. The van der Waals surface area contributed by atoms with Crippen molar-refractivity contribution >= 4 is 11.9 Å². The first-order valence-electron chi connectivity index (χ1n) is 18.0. The number of unbranched alkanes of at least 4 members (excludes halogenated alkanes) is 28. The summed E-state index contributed by atoms with van der Waals surface area (Å²) < 4.78 is 0. The minimum absolute atomic E-state index is 0. The summed E-state index contributed by atoms with van der Waals surface area (Å²) in [4.78, 5) is 20.7. The molecule has 0 rings (SSSR count). The Hall–Kier alpha value is 0.421. The van der Waals surface area contributed by atoms with Gasteiger partial charge < -0.3 is 10.2 Å². The van der Waals surface area contributed by atoms with Gasteiger partial charge in [0.1, 0.15) is 0 Å². The van der Waals surface area contributed by atoms with Gasteiger partial charge in [-0.3, -0.25) is 9.59 Å². The van der Waals surface area contributed by atoms with E-state index in [0.717, 1.165) is 25.7 Å².